The molecule has 3 aliphatic rings. The highest BCUT2D eigenvalue weighted by Gasteiger charge is 2.40. The standard InChI is InChI=1S/C20H37N5O3.HI/c1-24(2)18(26)16-22-19(21-8-9-25-10-13-27-14-11-25)23-17-5-12-28-20(15-17)6-3-4-7-20;/h17H,3-16H2,1-2H3,(H2,21,22,23);1H. The maximum atomic E-state index is 12.0. The average Bonchev–Trinajstić information content (AvgIpc) is 3.13. The van der Waals surface area contributed by atoms with E-state index >= 15 is 0 Å². The Morgan fingerprint density at radius 2 is 1.93 bits per heavy atom. The number of nitrogens with one attached hydrogen (secondary N) is 2. The first-order valence-corrected chi connectivity index (χ1v) is 10.8. The fourth-order valence-electron chi connectivity index (χ4n) is 4.31. The molecule has 0 aromatic rings. The van der Waals surface area contributed by atoms with Crippen LogP contribution in [0.4, 0.5) is 0 Å². The van der Waals surface area contributed by atoms with Gasteiger partial charge in [-0.1, -0.05) is 12.8 Å². The maximum absolute atomic E-state index is 12.0. The molecule has 0 radical (unpaired) electrons. The molecule has 2 N–H and O–H groups in total. The van der Waals surface area contributed by atoms with E-state index in [1.807, 2.05) is 0 Å². The molecular formula is C20H38IN5O3. The summed E-state index contributed by atoms with van der Waals surface area (Å²) in [5.74, 6) is 0.747. The van der Waals surface area contributed by atoms with Crippen LogP contribution in [-0.2, 0) is 14.3 Å². The Morgan fingerprint density at radius 3 is 2.62 bits per heavy atom. The minimum atomic E-state index is 0. The van der Waals surface area contributed by atoms with E-state index < -0.39 is 0 Å². The third-order valence-corrected chi connectivity index (χ3v) is 6.04. The van der Waals surface area contributed by atoms with Gasteiger partial charge in [0.15, 0.2) is 5.96 Å². The lowest BCUT2D eigenvalue weighted by Gasteiger charge is -2.39. The second-order valence-corrected chi connectivity index (χ2v) is 8.41. The van der Waals surface area contributed by atoms with Gasteiger partial charge in [-0.2, -0.15) is 0 Å². The van der Waals surface area contributed by atoms with Crippen LogP contribution < -0.4 is 10.6 Å². The van der Waals surface area contributed by atoms with Crippen molar-refractivity contribution in [2.75, 3.05) is 66.6 Å². The van der Waals surface area contributed by atoms with Crippen LogP contribution in [0.1, 0.15) is 38.5 Å². The van der Waals surface area contributed by atoms with Gasteiger partial charge in [-0.15, -0.1) is 24.0 Å². The quantitative estimate of drug-likeness (QED) is 0.308. The van der Waals surface area contributed by atoms with Gasteiger partial charge in [0.1, 0.15) is 6.54 Å². The Morgan fingerprint density at radius 1 is 1.21 bits per heavy atom. The van der Waals surface area contributed by atoms with Gasteiger partial charge in [0, 0.05) is 52.9 Å². The monoisotopic (exact) mass is 523 g/mol. The fraction of sp³-hybridized carbons (Fsp3) is 0.900. The maximum Gasteiger partial charge on any atom is 0.243 e. The van der Waals surface area contributed by atoms with Crippen molar-refractivity contribution in [2.45, 2.75) is 50.2 Å². The lowest BCUT2D eigenvalue weighted by Crippen LogP contribution is -2.52. The number of aliphatic imine (C=N–C) groups is 1. The molecule has 1 saturated carbocycles. The number of rotatable bonds is 6. The first-order chi connectivity index (χ1) is 13.6. The zero-order valence-corrected chi connectivity index (χ0v) is 20.3. The molecule has 8 nitrogen and oxygen atoms in total. The van der Waals surface area contributed by atoms with Gasteiger partial charge in [-0.3, -0.25) is 9.69 Å². The smallest absolute Gasteiger partial charge is 0.243 e. The van der Waals surface area contributed by atoms with Crippen LogP contribution in [0, 0.1) is 0 Å². The summed E-state index contributed by atoms with van der Waals surface area (Å²) in [6.45, 7) is 6.27. The molecule has 1 atom stereocenters. The Labute approximate surface area is 192 Å². The molecule has 168 valence electrons. The molecule has 0 aromatic carbocycles. The van der Waals surface area contributed by atoms with E-state index in [0.717, 1.165) is 64.8 Å². The van der Waals surface area contributed by atoms with Gasteiger partial charge in [0.2, 0.25) is 5.91 Å². The highest BCUT2D eigenvalue weighted by atomic mass is 127. The fourth-order valence-corrected chi connectivity index (χ4v) is 4.31. The molecular weight excluding hydrogens is 485 g/mol. The Bertz CT molecular complexity index is 534. The van der Waals surface area contributed by atoms with E-state index in [1.54, 1.807) is 19.0 Å². The number of amides is 1. The van der Waals surface area contributed by atoms with E-state index in [1.165, 1.54) is 25.7 Å². The van der Waals surface area contributed by atoms with Crippen molar-refractivity contribution in [1.82, 2.24) is 20.4 Å². The minimum Gasteiger partial charge on any atom is -0.379 e. The zero-order valence-electron chi connectivity index (χ0n) is 18.0. The molecule has 29 heavy (non-hydrogen) atoms. The number of ether oxygens (including phenoxy) is 2. The number of hydrogen-bond donors (Lipinski definition) is 2. The molecule has 1 aliphatic carbocycles. The lowest BCUT2D eigenvalue weighted by molar-refractivity contribution is -0.127. The number of nitrogens with zero attached hydrogens (tertiary/aromatic N) is 3. The van der Waals surface area contributed by atoms with E-state index in [9.17, 15) is 4.79 Å². The van der Waals surface area contributed by atoms with Gasteiger partial charge < -0.3 is 25.0 Å². The summed E-state index contributed by atoms with van der Waals surface area (Å²) in [4.78, 5) is 20.5. The van der Waals surface area contributed by atoms with Crippen LogP contribution in [-0.4, -0.2) is 99.9 Å². The molecule has 0 bridgehead atoms. The summed E-state index contributed by atoms with van der Waals surface area (Å²) in [5.41, 5.74) is 0.0638. The summed E-state index contributed by atoms with van der Waals surface area (Å²) in [5, 5.41) is 7.02. The third-order valence-electron chi connectivity index (χ3n) is 6.04. The van der Waals surface area contributed by atoms with Gasteiger partial charge in [0.25, 0.3) is 0 Å². The third kappa shape index (κ3) is 7.84. The van der Waals surface area contributed by atoms with Gasteiger partial charge in [0.05, 0.1) is 18.8 Å². The molecule has 3 fully saturated rings. The topological polar surface area (TPSA) is 78.4 Å². The zero-order chi connectivity index (χ0) is 19.8. The van der Waals surface area contributed by atoms with Crippen molar-refractivity contribution < 1.29 is 14.3 Å². The van der Waals surface area contributed by atoms with Gasteiger partial charge >= 0.3 is 0 Å². The normalized spacial score (nSPS) is 24.8. The molecule has 1 amide bonds. The molecule has 3 rings (SSSR count). The predicted molar refractivity (Wildman–Crippen MR) is 125 cm³/mol. The number of carbonyl (C=O) groups is 1. The Hall–Kier alpha value is -0.650. The second kappa shape index (κ2) is 12.3. The van der Waals surface area contributed by atoms with Crippen molar-refractivity contribution in [3.63, 3.8) is 0 Å². The summed E-state index contributed by atoms with van der Waals surface area (Å²) in [6, 6.07) is 0.343. The molecule has 2 heterocycles. The molecule has 2 saturated heterocycles. The number of guanidine groups is 1. The largest absolute Gasteiger partial charge is 0.379 e. The first-order valence-electron chi connectivity index (χ1n) is 10.8. The summed E-state index contributed by atoms with van der Waals surface area (Å²) >= 11 is 0. The van der Waals surface area contributed by atoms with Crippen LogP contribution in [0.3, 0.4) is 0 Å². The van der Waals surface area contributed by atoms with Gasteiger partial charge in [-0.05, 0) is 25.7 Å². The SMILES string of the molecule is CN(C)C(=O)CN=C(NCCN1CCOCC1)NC1CCOC2(CCCC2)C1.I. The lowest BCUT2D eigenvalue weighted by atomic mass is 9.89. The van der Waals surface area contributed by atoms with Crippen LogP contribution in [0.25, 0.3) is 0 Å². The molecule has 9 heteroatoms. The van der Waals surface area contributed by atoms with Crippen LogP contribution in [0.15, 0.2) is 4.99 Å². The predicted octanol–water partition coefficient (Wildman–Crippen LogP) is 1.05. The van der Waals surface area contributed by atoms with Crippen molar-refractivity contribution in [1.29, 1.82) is 0 Å². The minimum absolute atomic E-state index is 0. The summed E-state index contributed by atoms with van der Waals surface area (Å²) in [7, 11) is 3.53. The van der Waals surface area contributed by atoms with E-state index in [-0.39, 0.29) is 42.0 Å². The highest BCUT2D eigenvalue weighted by molar-refractivity contribution is 14.0. The highest BCUT2D eigenvalue weighted by Crippen LogP contribution is 2.39. The molecule has 1 unspecified atom stereocenters. The molecule has 0 aromatic heterocycles. The molecule has 2 aliphatic heterocycles. The molecule has 1 spiro atoms. The van der Waals surface area contributed by atoms with Gasteiger partial charge in [-0.25, -0.2) is 4.99 Å². The van der Waals surface area contributed by atoms with E-state index in [2.05, 4.69) is 20.5 Å². The van der Waals surface area contributed by atoms with Crippen LogP contribution in [0.5, 0.6) is 0 Å². The van der Waals surface area contributed by atoms with Crippen molar-refractivity contribution >= 4 is 35.8 Å². The van der Waals surface area contributed by atoms with Crippen molar-refractivity contribution in [2.24, 2.45) is 4.99 Å². The van der Waals surface area contributed by atoms with E-state index in [0.29, 0.717) is 6.04 Å². The van der Waals surface area contributed by atoms with E-state index in [4.69, 9.17) is 9.47 Å². The van der Waals surface area contributed by atoms with Crippen molar-refractivity contribution in [3.05, 3.63) is 0 Å². The number of hydrogen-bond acceptors (Lipinski definition) is 5. The summed E-state index contributed by atoms with van der Waals surface area (Å²) in [6.07, 6.45) is 6.88. The van der Waals surface area contributed by atoms with Crippen molar-refractivity contribution in [3.8, 4) is 0 Å². The second-order valence-electron chi connectivity index (χ2n) is 8.41. The number of morpholine rings is 1. The first kappa shape index (κ1) is 24.6. The summed E-state index contributed by atoms with van der Waals surface area (Å²) < 4.78 is 11.6. The van der Waals surface area contributed by atoms with Crippen LogP contribution >= 0.6 is 24.0 Å². The van der Waals surface area contributed by atoms with Crippen LogP contribution in [0.2, 0.25) is 0 Å². The Kier molecular flexibility index (Phi) is 10.4. The average molecular weight is 523 g/mol. The number of likely N-dealkylation sites (N-methyl/N-ethyl adjacent to an activating group) is 1. The number of halogens is 1. The Balaban J connectivity index is 0.00000300. The number of carbonyl (C=O) groups excluding carboxylic acids is 1.